The van der Waals surface area contributed by atoms with E-state index in [1.54, 1.807) is 12.1 Å². The maximum absolute atomic E-state index is 15.1. The van der Waals surface area contributed by atoms with Gasteiger partial charge >= 0.3 is 0 Å². The molecule has 0 N–H and O–H groups in total. The molecule has 5 rings (SSSR count). The Hall–Kier alpha value is -4.55. The van der Waals surface area contributed by atoms with Gasteiger partial charge in [0.2, 0.25) is 0 Å². The third-order valence-electron chi connectivity index (χ3n) is 7.80. The molecule has 0 aliphatic rings. The van der Waals surface area contributed by atoms with Crippen molar-refractivity contribution < 1.29 is 13.2 Å². The molecule has 0 radical (unpaired) electrons. The minimum Gasteiger partial charge on any atom is -0.206 e. The average molecular weight is 573 g/mol. The molecule has 0 amide bonds. The second kappa shape index (κ2) is 13.6. The lowest BCUT2D eigenvalue weighted by Crippen LogP contribution is -1.95. The Kier molecular flexibility index (Phi) is 9.48. The highest BCUT2D eigenvalue weighted by Crippen LogP contribution is 2.27. The van der Waals surface area contributed by atoms with Gasteiger partial charge in [0, 0.05) is 16.7 Å². The zero-order valence-electron chi connectivity index (χ0n) is 24.9. The number of halogens is 3. The first-order chi connectivity index (χ1) is 20.8. The predicted molar refractivity (Wildman–Crippen MR) is 172 cm³/mol. The molecule has 0 saturated carbocycles. The molecular formula is C40H35F3. The summed E-state index contributed by atoms with van der Waals surface area (Å²) in [6, 6.07) is 29.6. The van der Waals surface area contributed by atoms with E-state index in [0.29, 0.717) is 29.5 Å². The van der Waals surface area contributed by atoms with Crippen LogP contribution in [0.3, 0.4) is 0 Å². The molecule has 0 aliphatic heterocycles. The molecule has 216 valence electrons. The lowest BCUT2D eigenvalue weighted by molar-refractivity contribution is 0.620. The summed E-state index contributed by atoms with van der Waals surface area (Å²) in [5, 5.41) is 0. The Morgan fingerprint density at radius 2 is 1.07 bits per heavy atom. The molecule has 0 bridgehead atoms. The van der Waals surface area contributed by atoms with Gasteiger partial charge in [0.1, 0.15) is 17.5 Å². The van der Waals surface area contributed by atoms with E-state index in [0.717, 1.165) is 63.8 Å². The molecule has 0 atom stereocenters. The zero-order chi connectivity index (χ0) is 30.3. The molecule has 5 aromatic rings. The molecule has 0 spiro atoms. The van der Waals surface area contributed by atoms with Gasteiger partial charge in [-0.05, 0) is 102 Å². The van der Waals surface area contributed by atoms with Crippen molar-refractivity contribution in [3.63, 3.8) is 0 Å². The van der Waals surface area contributed by atoms with Crippen LogP contribution in [0.25, 0.3) is 22.3 Å². The highest BCUT2D eigenvalue weighted by molar-refractivity contribution is 5.66. The fraction of sp³-hybridized carbons (Fsp3) is 0.200. The standard InChI is InChI=1S/C40H35F3/c1-4-6-30-14-21-36(39(42)25-30)33-16-9-28(10-17-33)7-8-31-15-22-37(40(43)26-31)34-18-11-29(12-19-34)13-20-35-32(5-2)23-27(3)24-38(35)41/h9-12,14-19,21-26H,4-8H2,1-3H3. The summed E-state index contributed by atoms with van der Waals surface area (Å²) in [7, 11) is 0. The van der Waals surface area contributed by atoms with Crippen molar-refractivity contribution in [2.75, 3.05) is 0 Å². The van der Waals surface area contributed by atoms with Crippen LogP contribution >= 0.6 is 0 Å². The summed E-state index contributed by atoms with van der Waals surface area (Å²) >= 11 is 0. The quantitative estimate of drug-likeness (QED) is 0.162. The molecule has 3 heteroatoms. The summed E-state index contributed by atoms with van der Waals surface area (Å²) in [5.41, 5.74) is 8.74. The largest absolute Gasteiger partial charge is 0.206 e. The van der Waals surface area contributed by atoms with E-state index in [4.69, 9.17) is 0 Å². The number of benzene rings is 5. The van der Waals surface area contributed by atoms with Gasteiger partial charge in [0.05, 0.1) is 5.56 Å². The van der Waals surface area contributed by atoms with Crippen LogP contribution in [0.15, 0.2) is 97.1 Å². The Balaban J connectivity index is 1.23. The van der Waals surface area contributed by atoms with E-state index in [9.17, 15) is 8.78 Å². The van der Waals surface area contributed by atoms with E-state index in [-0.39, 0.29) is 17.5 Å². The minimum absolute atomic E-state index is 0.194. The van der Waals surface area contributed by atoms with E-state index < -0.39 is 0 Å². The lowest BCUT2D eigenvalue weighted by atomic mass is 9.97. The maximum atomic E-state index is 15.1. The normalized spacial score (nSPS) is 10.8. The van der Waals surface area contributed by atoms with Gasteiger partial charge in [0.25, 0.3) is 0 Å². The summed E-state index contributed by atoms with van der Waals surface area (Å²) in [4.78, 5) is 0. The van der Waals surface area contributed by atoms with Crippen LogP contribution in [-0.2, 0) is 25.7 Å². The van der Waals surface area contributed by atoms with Gasteiger partial charge in [-0.15, -0.1) is 0 Å². The first-order valence-electron chi connectivity index (χ1n) is 14.9. The Labute approximate surface area is 253 Å². The second-order valence-electron chi connectivity index (χ2n) is 11.0. The molecule has 43 heavy (non-hydrogen) atoms. The van der Waals surface area contributed by atoms with E-state index in [2.05, 4.69) is 18.8 Å². The fourth-order valence-electron chi connectivity index (χ4n) is 5.43. The number of hydrogen-bond acceptors (Lipinski definition) is 0. The minimum atomic E-state index is -0.302. The van der Waals surface area contributed by atoms with Crippen molar-refractivity contribution >= 4 is 0 Å². The Bertz CT molecular complexity index is 1790. The number of hydrogen-bond donors (Lipinski definition) is 0. The highest BCUT2D eigenvalue weighted by Gasteiger charge is 2.10. The lowest BCUT2D eigenvalue weighted by Gasteiger charge is -2.09. The molecule has 0 saturated heterocycles. The van der Waals surface area contributed by atoms with E-state index in [1.165, 1.54) is 6.07 Å². The molecule has 0 aliphatic carbocycles. The highest BCUT2D eigenvalue weighted by atomic mass is 19.1. The van der Waals surface area contributed by atoms with Gasteiger partial charge in [-0.25, -0.2) is 13.2 Å². The van der Waals surface area contributed by atoms with Crippen molar-refractivity contribution in [2.45, 2.75) is 52.9 Å². The molecule has 5 aromatic carbocycles. The van der Waals surface area contributed by atoms with Crippen molar-refractivity contribution in [3.05, 3.63) is 153 Å². The van der Waals surface area contributed by atoms with Crippen LogP contribution in [-0.4, -0.2) is 0 Å². The predicted octanol–water partition coefficient (Wildman–Crippen LogP) is 10.4. The summed E-state index contributed by atoms with van der Waals surface area (Å²) in [6.07, 6.45) is 4.02. The second-order valence-corrected chi connectivity index (χ2v) is 11.0. The average Bonchev–Trinajstić information content (AvgIpc) is 3.00. The molecule has 0 heterocycles. The smallest absolute Gasteiger partial charge is 0.139 e. The third-order valence-corrected chi connectivity index (χ3v) is 7.80. The first kappa shape index (κ1) is 29.9. The van der Waals surface area contributed by atoms with Gasteiger partial charge in [0.15, 0.2) is 0 Å². The van der Waals surface area contributed by atoms with Crippen molar-refractivity contribution in [1.82, 2.24) is 0 Å². The van der Waals surface area contributed by atoms with Gasteiger partial charge in [-0.3, -0.25) is 0 Å². The van der Waals surface area contributed by atoms with Crippen LogP contribution in [0.5, 0.6) is 0 Å². The maximum Gasteiger partial charge on any atom is 0.139 e. The summed E-state index contributed by atoms with van der Waals surface area (Å²) in [5.74, 6) is 5.26. The molecule has 0 nitrogen and oxygen atoms in total. The van der Waals surface area contributed by atoms with Crippen LogP contribution in [0.1, 0.15) is 59.2 Å². The molecule has 0 fully saturated rings. The SMILES string of the molecule is CCCc1ccc(-c2ccc(CCc3ccc(-c4ccc(C#Cc5c(F)cc(C)cc5CC)cc4)c(F)c3)cc2)c(F)c1. The summed E-state index contributed by atoms with van der Waals surface area (Å²) < 4.78 is 44.3. The zero-order valence-corrected chi connectivity index (χ0v) is 24.9. The van der Waals surface area contributed by atoms with Gasteiger partial charge < -0.3 is 0 Å². The van der Waals surface area contributed by atoms with E-state index >= 15 is 4.39 Å². The van der Waals surface area contributed by atoms with Crippen molar-refractivity contribution in [1.29, 1.82) is 0 Å². The van der Waals surface area contributed by atoms with Crippen molar-refractivity contribution in [2.24, 2.45) is 0 Å². The summed E-state index contributed by atoms with van der Waals surface area (Å²) in [6.45, 7) is 5.95. The van der Waals surface area contributed by atoms with Gasteiger partial charge in [-0.1, -0.05) is 98.8 Å². The number of aryl methyl sites for hydroxylation is 5. The molecular weight excluding hydrogens is 537 g/mol. The fourth-order valence-corrected chi connectivity index (χ4v) is 5.43. The van der Waals surface area contributed by atoms with Crippen LogP contribution in [0.2, 0.25) is 0 Å². The van der Waals surface area contributed by atoms with E-state index in [1.807, 2.05) is 92.7 Å². The third kappa shape index (κ3) is 7.27. The monoisotopic (exact) mass is 572 g/mol. The van der Waals surface area contributed by atoms with Crippen LogP contribution < -0.4 is 0 Å². The Morgan fingerprint density at radius 1 is 0.535 bits per heavy atom. The molecule has 0 aromatic heterocycles. The van der Waals surface area contributed by atoms with Crippen LogP contribution in [0.4, 0.5) is 13.2 Å². The number of rotatable bonds is 8. The topological polar surface area (TPSA) is 0 Å². The van der Waals surface area contributed by atoms with Crippen molar-refractivity contribution in [3.8, 4) is 34.1 Å². The Morgan fingerprint density at radius 3 is 1.63 bits per heavy atom. The molecule has 0 unspecified atom stereocenters. The first-order valence-corrected chi connectivity index (χ1v) is 14.9. The van der Waals surface area contributed by atoms with Crippen LogP contribution in [0, 0.1) is 36.2 Å². The van der Waals surface area contributed by atoms with Gasteiger partial charge in [-0.2, -0.15) is 0 Å².